The van der Waals surface area contributed by atoms with Gasteiger partial charge in [-0.05, 0) is 72.8 Å². The van der Waals surface area contributed by atoms with Crippen LogP contribution >= 0.6 is 0 Å². The maximum Gasteiger partial charge on any atom is 0.315 e. The number of benzene rings is 2. The molecular formula is C27H31N3O. The number of urea groups is 1. The van der Waals surface area contributed by atoms with Gasteiger partial charge in [0.2, 0.25) is 0 Å². The molecule has 1 fully saturated rings. The van der Waals surface area contributed by atoms with Crippen LogP contribution in [0, 0.1) is 5.92 Å². The quantitative estimate of drug-likeness (QED) is 0.519. The van der Waals surface area contributed by atoms with Crippen LogP contribution in [0.4, 0.5) is 4.79 Å². The third-order valence-corrected chi connectivity index (χ3v) is 6.28. The Balaban J connectivity index is 1.21. The van der Waals surface area contributed by atoms with E-state index in [1.54, 1.807) is 12.4 Å². The summed E-state index contributed by atoms with van der Waals surface area (Å²) in [5, 5.41) is 6.08. The summed E-state index contributed by atoms with van der Waals surface area (Å²) in [4.78, 5) is 16.3. The zero-order valence-electron chi connectivity index (χ0n) is 18.0. The molecule has 0 radical (unpaired) electrons. The first-order valence-corrected chi connectivity index (χ1v) is 11.3. The van der Waals surface area contributed by atoms with Gasteiger partial charge in [0.1, 0.15) is 0 Å². The zero-order chi connectivity index (χ0) is 21.3. The Morgan fingerprint density at radius 3 is 2.45 bits per heavy atom. The Labute approximate surface area is 185 Å². The number of aryl methyl sites for hydroxylation is 1. The molecule has 0 spiro atoms. The number of rotatable bonds is 7. The molecule has 0 saturated heterocycles. The smallest absolute Gasteiger partial charge is 0.315 e. The lowest BCUT2D eigenvalue weighted by atomic mass is 9.82. The summed E-state index contributed by atoms with van der Waals surface area (Å²) >= 11 is 0. The molecule has 2 N–H and O–H groups in total. The zero-order valence-corrected chi connectivity index (χ0v) is 18.0. The van der Waals surface area contributed by atoms with Crippen LogP contribution in [-0.4, -0.2) is 17.1 Å². The number of hydrogen-bond acceptors (Lipinski definition) is 2. The summed E-state index contributed by atoms with van der Waals surface area (Å²) in [7, 11) is 0. The van der Waals surface area contributed by atoms with Crippen LogP contribution in [0.3, 0.4) is 0 Å². The van der Waals surface area contributed by atoms with E-state index < -0.39 is 0 Å². The largest absolute Gasteiger partial charge is 0.335 e. The maximum absolute atomic E-state index is 12.2. The van der Waals surface area contributed by atoms with Gasteiger partial charge in [0, 0.05) is 25.0 Å². The van der Waals surface area contributed by atoms with Crippen molar-refractivity contribution in [2.75, 3.05) is 0 Å². The topological polar surface area (TPSA) is 54.0 Å². The summed E-state index contributed by atoms with van der Waals surface area (Å²) in [6.45, 7) is 0.510. The normalized spacial score (nSPS) is 18.3. The van der Waals surface area contributed by atoms with Gasteiger partial charge >= 0.3 is 6.03 Å². The van der Waals surface area contributed by atoms with Gasteiger partial charge in [0.15, 0.2) is 0 Å². The lowest BCUT2D eigenvalue weighted by molar-refractivity contribution is 0.225. The highest BCUT2D eigenvalue weighted by atomic mass is 16.2. The van der Waals surface area contributed by atoms with Crippen LogP contribution in [0.1, 0.15) is 43.2 Å². The molecule has 3 aromatic rings. The van der Waals surface area contributed by atoms with Gasteiger partial charge < -0.3 is 10.6 Å². The molecule has 0 atom stereocenters. The Bertz CT molecular complexity index is 950. The van der Waals surface area contributed by atoms with Gasteiger partial charge in [-0.1, -0.05) is 60.7 Å². The molecule has 4 heteroatoms. The van der Waals surface area contributed by atoms with Crippen molar-refractivity contribution in [1.29, 1.82) is 0 Å². The van der Waals surface area contributed by atoms with Gasteiger partial charge in [-0.15, -0.1) is 0 Å². The molecule has 1 aromatic heterocycles. The monoisotopic (exact) mass is 413 g/mol. The van der Waals surface area contributed by atoms with Crippen molar-refractivity contribution in [1.82, 2.24) is 15.6 Å². The lowest BCUT2D eigenvalue weighted by Crippen LogP contribution is -2.43. The molecule has 160 valence electrons. The van der Waals surface area contributed by atoms with E-state index in [0.717, 1.165) is 30.7 Å². The maximum atomic E-state index is 12.2. The molecule has 2 amide bonds. The van der Waals surface area contributed by atoms with E-state index in [0.29, 0.717) is 6.54 Å². The highest BCUT2D eigenvalue weighted by Crippen LogP contribution is 2.30. The number of carbonyl (C=O) groups is 1. The summed E-state index contributed by atoms with van der Waals surface area (Å²) in [5.74, 6) is 0.736. The number of hydrogen-bond donors (Lipinski definition) is 2. The third kappa shape index (κ3) is 6.17. The summed E-state index contributed by atoms with van der Waals surface area (Å²) < 4.78 is 0. The van der Waals surface area contributed by atoms with E-state index in [1.165, 1.54) is 36.0 Å². The Morgan fingerprint density at radius 1 is 0.903 bits per heavy atom. The van der Waals surface area contributed by atoms with Crippen molar-refractivity contribution in [2.45, 2.75) is 51.1 Å². The molecule has 4 nitrogen and oxygen atoms in total. The number of nitrogens with one attached hydrogen (secondary N) is 2. The van der Waals surface area contributed by atoms with Crippen LogP contribution in [0.2, 0.25) is 0 Å². The molecule has 1 heterocycles. The van der Waals surface area contributed by atoms with Crippen molar-refractivity contribution in [3.8, 4) is 11.1 Å². The van der Waals surface area contributed by atoms with Crippen LogP contribution in [0.5, 0.6) is 0 Å². The molecule has 0 aliphatic heterocycles. The van der Waals surface area contributed by atoms with Crippen LogP contribution in [-0.2, 0) is 13.0 Å². The van der Waals surface area contributed by atoms with E-state index >= 15 is 0 Å². The van der Waals surface area contributed by atoms with Crippen LogP contribution in [0.25, 0.3) is 11.1 Å². The van der Waals surface area contributed by atoms with Crippen molar-refractivity contribution in [2.24, 2.45) is 5.92 Å². The van der Waals surface area contributed by atoms with Crippen molar-refractivity contribution in [3.63, 3.8) is 0 Å². The number of aromatic nitrogens is 1. The number of nitrogens with zero attached hydrogens (tertiary/aromatic N) is 1. The highest BCUT2D eigenvalue weighted by molar-refractivity contribution is 5.74. The molecular weight excluding hydrogens is 382 g/mol. The van der Waals surface area contributed by atoms with Crippen molar-refractivity contribution >= 4 is 6.03 Å². The fourth-order valence-electron chi connectivity index (χ4n) is 4.51. The Morgan fingerprint density at radius 2 is 1.68 bits per heavy atom. The lowest BCUT2D eigenvalue weighted by Gasteiger charge is -2.29. The molecule has 0 unspecified atom stereocenters. The minimum atomic E-state index is -0.0795. The minimum Gasteiger partial charge on any atom is -0.335 e. The molecule has 1 aliphatic rings. The number of carbonyl (C=O) groups excluding carboxylic acids is 1. The van der Waals surface area contributed by atoms with E-state index in [2.05, 4.69) is 70.2 Å². The van der Waals surface area contributed by atoms with Gasteiger partial charge in [-0.3, -0.25) is 4.98 Å². The molecule has 4 rings (SSSR count). The van der Waals surface area contributed by atoms with E-state index in [1.807, 2.05) is 12.1 Å². The predicted molar refractivity (Wildman–Crippen MR) is 126 cm³/mol. The standard InChI is InChI=1S/C27H31N3O/c31-27(29-20-22-7-6-18-28-19-22)30-25-16-13-21(14-17-25)12-15-24-10-4-5-11-26(24)23-8-2-1-3-9-23/h1-11,18-19,21,25H,12-17,20H2,(H2,29,30,31). The first-order valence-electron chi connectivity index (χ1n) is 11.3. The first kappa shape index (κ1) is 21.1. The van der Waals surface area contributed by atoms with E-state index in [9.17, 15) is 4.79 Å². The van der Waals surface area contributed by atoms with Gasteiger partial charge in [-0.25, -0.2) is 4.79 Å². The Kier molecular flexibility index (Phi) is 7.32. The van der Waals surface area contributed by atoms with Gasteiger partial charge in [0.25, 0.3) is 0 Å². The average molecular weight is 414 g/mol. The number of pyridine rings is 1. The minimum absolute atomic E-state index is 0.0795. The Hall–Kier alpha value is -3.14. The van der Waals surface area contributed by atoms with Crippen LogP contribution in [0.15, 0.2) is 79.1 Å². The second-order valence-corrected chi connectivity index (χ2v) is 8.47. The molecule has 0 bridgehead atoms. The van der Waals surface area contributed by atoms with Crippen molar-refractivity contribution in [3.05, 3.63) is 90.3 Å². The highest BCUT2D eigenvalue weighted by Gasteiger charge is 2.22. The van der Waals surface area contributed by atoms with E-state index in [4.69, 9.17) is 0 Å². The summed E-state index contributed by atoms with van der Waals surface area (Å²) in [5.41, 5.74) is 5.09. The third-order valence-electron chi connectivity index (χ3n) is 6.28. The van der Waals surface area contributed by atoms with Crippen LogP contribution < -0.4 is 10.6 Å². The predicted octanol–water partition coefficient (Wildman–Crippen LogP) is 5.74. The summed E-state index contributed by atoms with van der Waals surface area (Å²) in [6.07, 6.45) is 10.3. The molecule has 1 aliphatic carbocycles. The SMILES string of the molecule is O=C(NCc1cccnc1)NC1CCC(CCc2ccccc2-c2ccccc2)CC1. The molecule has 2 aromatic carbocycles. The fraction of sp³-hybridized carbons (Fsp3) is 0.333. The second-order valence-electron chi connectivity index (χ2n) is 8.47. The average Bonchev–Trinajstić information content (AvgIpc) is 2.84. The van der Waals surface area contributed by atoms with Gasteiger partial charge in [-0.2, -0.15) is 0 Å². The molecule has 31 heavy (non-hydrogen) atoms. The second kappa shape index (κ2) is 10.8. The van der Waals surface area contributed by atoms with Gasteiger partial charge in [0.05, 0.1) is 0 Å². The van der Waals surface area contributed by atoms with Crippen molar-refractivity contribution < 1.29 is 4.79 Å². The van der Waals surface area contributed by atoms with E-state index in [-0.39, 0.29) is 12.1 Å². The number of amides is 2. The summed E-state index contributed by atoms with van der Waals surface area (Å²) in [6, 6.07) is 23.5. The fourth-order valence-corrected chi connectivity index (χ4v) is 4.51. The molecule has 1 saturated carbocycles. The first-order chi connectivity index (χ1) is 15.3.